The molecule has 5 aromatic rings. The van der Waals surface area contributed by atoms with Crippen LogP contribution in [0.1, 0.15) is 188 Å². The van der Waals surface area contributed by atoms with E-state index in [1.165, 1.54) is 49.7 Å². The van der Waals surface area contributed by atoms with Crippen molar-refractivity contribution in [2.24, 2.45) is 41.4 Å². The van der Waals surface area contributed by atoms with Crippen LogP contribution in [0, 0.1) is 41.4 Å². The summed E-state index contributed by atoms with van der Waals surface area (Å²) in [7, 11) is 0. The molecule has 4 nitrogen and oxygen atoms in total. The summed E-state index contributed by atoms with van der Waals surface area (Å²) in [6.07, 6.45) is 16.6. The molecule has 0 amide bonds. The predicted octanol–water partition coefficient (Wildman–Crippen LogP) is 17.9. The average Bonchev–Trinajstić information content (AvgIpc) is 3.27. The Morgan fingerprint density at radius 1 is 0.471 bits per heavy atom. The van der Waals surface area contributed by atoms with E-state index in [0.717, 1.165) is 113 Å². The highest BCUT2D eigenvalue weighted by Gasteiger charge is 2.49. The molecule has 2 N–H and O–H groups in total. The summed E-state index contributed by atoms with van der Waals surface area (Å²) < 4.78 is 7.10. The van der Waals surface area contributed by atoms with E-state index in [2.05, 4.69) is 161 Å². The molecule has 5 saturated carbocycles. The summed E-state index contributed by atoms with van der Waals surface area (Å²) in [6.45, 7) is 26.0. The molecule has 4 bridgehead atoms. The smallest absolute Gasteiger partial charge is 0.127 e. The Morgan fingerprint density at radius 3 is 1.26 bits per heavy atom. The second-order valence-electron chi connectivity index (χ2n) is 26.9. The third kappa shape index (κ3) is 9.49. The first-order chi connectivity index (χ1) is 33.2. The van der Waals surface area contributed by atoms with Gasteiger partial charge in [0, 0.05) is 45.5 Å². The Bertz CT molecular complexity index is 2520. The molecule has 5 aliphatic rings. The van der Waals surface area contributed by atoms with Crippen molar-refractivity contribution in [1.29, 1.82) is 0 Å². The van der Waals surface area contributed by atoms with Gasteiger partial charge < -0.3 is 14.9 Å². The van der Waals surface area contributed by atoms with Crippen molar-refractivity contribution in [2.45, 2.75) is 194 Å². The van der Waals surface area contributed by atoms with E-state index in [4.69, 9.17) is 9.72 Å². The normalized spacial score (nSPS) is 30.2. The van der Waals surface area contributed by atoms with Gasteiger partial charge in [0.15, 0.2) is 0 Å². The van der Waals surface area contributed by atoms with Crippen molar-refractivity contribution in [3.63, 3.8) is 0 Å². The largest absolute Gasteiger partial charge is 0.507 e. The molecule has 1 heterocycles. The number of aromatic hydroxyl groups is 2. The van der Waals surface area contributed by atoms with Gasteiger partial charge in [-0.15, -0.1) is 0 Å². The summed E-state index contributed by atoms with van der Waals surface area (Å²) in [4.78, 5) is 5.67. The van der Waals surface area contributed by atoms with Crippen molar-refractivity contribution in [1.82, 2.24) is 4.98 Å². The number of hydrogen-bond donors (Lipinski definition) is 2. The minimum Gasteiger partial charge on any atom is -0.507 e. The summed E-state index contributed by atoms with van der Waals surface area (Å²) in [5.41, 5.74) is 11.9. The van der Waals surface area contributed by atoms with Crippen molar-refractivity contribution in [3.8, 4) is 62.0 Å². The zero-order valence-electron chi connectivity index (χ0n) is 44.9. The lowest BCUT2D eigenvalue weighted by molar-refractivity contribution is 0.0760. The van der Waals surface area contributed by atoms with Crippen LogP contribution in [-0.4, -0.2) is 21.3 Å². The molecule has 1 aromatic heterocycles. The van der Waals surface area contributed by atoms with Gasteiger partial charge in [-0.1, -0.05) is 143 Å². The SMILES string of the molecule is CC1CCCC(Oc2cc(-c3ccccc3-c3cc(C(C)(C)C)cc(C45CC(C)CC(CC(C)C4)C5)c3O)nc(-c3ccccc3-c3cc(C(C)(C)C)cc(C45CC(C)CC(CC(C)C4)C5)c3O)c2)C1. The molecule has 4 heteroatoms. The Hall–Kier alpha value is -4.57. The van der Waals surface area contributed by atoms with E-state index in [9.17, 15) is 10.2 Å². The summed E-state index contributed by atoms with van der Waals surface area (Å²) in [6, 6.07) is 30.9. The van der Waals surface area contributed by atoms with Crippen LogP contribution in [0.4, 0.5) is 0 Å². The number of pyridine rings is 1. The first-order valence-corrected chi connectivity index (χ1v) is 27.8. The molecular formula is C66H85NO3. The van der Waals surface area contributed by atoms with Gasteiger partial charge in [0.1, 0.15) is 17.2 Å². The fourth-order valence-electron chi connectivity index (χ4n) is 15.8. The van der Waals surface area contributed by atoms with Crippen LogP contribution < -0.4 is 4.74 Å². The molecular weight excluding hydrogens is 855 g/mol. The number of rotatable bonds is 8. The van der Waals surface area contributed by atoms with E-state index in [-0.39, 0.29) is 27.8 Å². The van der Waals surface area contributed by atoms with Crippen LogP contribution in [0.2, 0.25) is 0 Å². The van der Waals surface area contributed by atoms with Crippen molar-refractivity contribution in [2.75, 3.05) is 0 Å². The molecule has 6 atom stereocenters. The van der Waals surface area contributed by atoms with Gasteiger partial charge in [-0.3, -0.25) is 0 Å². The maximum atomic E-state index is 13.0. The fraction of sp³-hybridized carbons (Fsp3) is 0.561. The molecule has 0 aliphatic heterocycles. The van der Waals surface area contributed by atoms with E-state index < -0.39 is 0 Å². The zero-order chi connectivity index (χ0) is 49.5. The predicted molar refractivity (Wildman–Crippen MR) is 292 cm³/mol. The number of aromatic nitrogens is 1. The summed E-state index contributed by atoms with van der Waals surface area (Å²) in [5, 5.41) is 25.9. The minimum absolute atomic E-state index is 0.0451. The number of benzene rings is 4. The van der Waals surface area contributed by atoms with Crippen LogP contribution in [-0.2, 0) is 21.7 Å². The first-order valence-electron chi connectivity index (χ1n) is 27.8. The van der Waals surface area contributed by atoms with Crippen LogP contribution >= 0.6 is 0 Å². The highest BCUT2D eigenvalue weighted by Crippen LogP contribution is 2.60. The standard InChI is InChI=1S/C66H85NO3/c1-40-17-16-18-49(27-40)70-50-32-59(53-21-14-12-19-51(53)55-28-47(63(6,7)8)30-57(61(55)68)65-34-41(2)23-45(38-65)24-42(3)35-65)67-60(33-50)54-22-15-13-20-52(54)56-29-48(64(9,10)11)31-58(62(56)69)66-36-43(4)25-46(39-66)26-44(5)37-66/h12-15,19-22,28-33,40-46,49,68-69H,16-18,23-27,34-39H2,1-11H3. The van der Waals surface area contributed by atoms with Crippen LogP contribution in [0.3, 0.4) is 0 Å². The number of hydrogen-bond acceptors (Lipinski definition) is 4. The van der Waals surface area contributed by atoms with E-state index in [0.29, 0.717) is 52.9 Å². The molecule has 372 valence electrons. The lowest BCUT2D eigenvalue weighted by Gasteiger charge is -2.51. The Balaban J connectivity index is 1.16. The Morgan fingerprint density at radius 2 is 0.871 bits per heavy atom. The van der Waals surface area contributed by atoms with Gasteiger partial charge in [-0.2, -0.15) is 0 Å². The zero-order valence-corrected chi connectivity index (χ0v) is 44.9. The number of ether oxygens (including phenoxy) is 1. The second kappa shape index (κ2) is 18.5. The number of fused-ring (bicyclic) bond motifs is 4. The quantitative estimate of drug-likeness (QED) is 0.163. The monoisotopic (exact) mass is 940 g/mol. The fourth-order valence-corrected chi connectivity index (χ4v) is 15.8. The van der Waals surface area contributed by atoms with Gasteiger partial charge in [-0.25, -0.2) is 4.98 Å². The first kappa shape index (κ1) is 49.0. The van der Waals surface area contributed by atoms with Crippen molar-refractivity contribution < 1.29 is 14.9 Å². The molecule has 5 aliphatic carbocycles. The molecule has 4 aromatic carbocycles. The maximum absolute atomic E-state index is 13.0. The van der Waals surface area contributed by atoms with Crippen molar-refractivity contribution >= 4 is 0 Å². The number of nitrogens with zero attached hydrogens (tertiary/aromatic N) is 1. The van der Waals surface area contributed by atoms with Gasteiger partial charge in [-0.05, 0) is 181 Å². The molecule has 0 saturated heterocycles. The van der Waals surface area contributed by atoms with Crippen LogP contribution in [0.25, 0.3) is 44.8 Å². The minimum atomic E-state index is -0.121. The Labute approximate surface area is 422 Å². The van der Waals surface area contributed by atoms with Crippen molar-refractivity contribution in [3.05, 3.63) is 107 Å². The molecule has 0 spiro atoms. The van der Waals surface area contributed by atoms with Gasteiger partial charge in [0.05, 0.1) is 17.5 Å². The third-order valence-corrected chi connectivity index (χ3v) is 18.3. The highest BCUT2D eigenvalue weighted by atomic mass is 16.5. The lowest BCUT2D eigenvalue weighted by Crippen LogP contribution is -2.42. The van der Waals surface area contributed by atoms with Gasteiger partial charge in [0.25, 0.3) is 0 Å². The number of phenolic OH excluding ortho intramolecular Hbond substituents is 2. The maximum Gasteiger partial charge on any atom is 0.127 e. The highest BCUT2D eigenvalue weighted by molar-refractivity contribution is 5.90. The van der Waals surface area contributed by atoms with Gasteiger partial charge in [0.2, 0.25) is 0 Å². The molecule has 6 unspecified atom stereocenters. The number of phenols is 2. The van der Waals surface area contributed by atoms with Crippen LogP contribution in [0.15, 0.2) is 84.9 Å². The summed E-state index contributed by atoms with van der Waals surface area (Å²) in [5.74, 6) is 6.22. The van der Waals surface area contributed by atoms with Gasteiger partial charge >= 0.3 is 0 Å². The van der Waals surface area contributed by atoms with Crippen LogP contribution in [0.5, 0.6) is 17.2 Å². The average molecular weight is 940 g/mol. The Kier molecular flexibility index (Phi) is 12.9. The molecule has 70 heavy (non-hydrogen) atoms. The molecule has 5 fully saturated rings. The third-order valence-electron chi connectivity index (χ3n) is 18.3. The van der Waals surface area contributed by atoms with E-state index in [1.807, 2.05) is 0 Å². The van der Waals surface area contributed by atoms with E-state index >= 15 is 0 Å². The van der Waals surface area contributed by atoms with E-state index in [1.54, 1.807) is 0 Å². The molecule has 10 rings (SSSR count). The molecule has 0 radical (unpaired) electrons. The topological polar surface area (TPSA) is 62.6 Å². The summed E-state index contributed by atoms with van der Waals surface area (Å²) >= 11 is 0. The lowest BCUT2D eigenvalue weighted by atomic mass is 9.54. The second-order valence-corrected chi connectivity index (χ2v) is 26.9.